The van der Waals surface area contributed by atoms with E-state index >= 15 is 0 Å². The van der Waals surface area contributed by atoms with E-state index in [1.54, 1.807) is 25.1 Å². The Morgan fingerprint density at radius 1 is 1.29 bits per heavy atom. The summed E-state index contributed by atoms with van der Waals surface area (Å²) in [7, 11) is 0. The van der Waals surface area contributed by atoms with Gasteiger partial charge in [0, 0.05) is 0 Å². The van der Waals surface area contributed by atoms with E-state index < -0.39 is 17.8 Å². The maximum Gasteiger partial charge on any atom is 0.268 e. The van der Waals surface area contributed by atoms with E-state index in [0.29, 0.717) is 11.4 Å². The number of anilines is 2. The SMILES string of the molecule is Cc1ccc2c(c1)N(CC(=O)Nc1ccccc1F)C(=O)[C@H](C)O2. The van der Waals surface area contributed by atoms with Gasteiger partial charge in [0.05, 0.1) is 11.4 Å². The lowest BCUT2D eigenvalue weighted by atomic mass is 10.1. The maximum atomic E-state index is 13.6. The molecule has 1 aliphatic heterocycles. The van der Waals surface area contributed by atoms with Gasteiger partial charge in [-0.1, -0.05) is 18.2 Å². The predicted molar refractivity (Wildman–Crippen MR) is 88.7 cm³/mol. The fraction of sp³-hybridized carbons (Fsp3) is 0.222. The van der Waals surface area contributed by atoms with Gasteiger partial charge in [-0.3, -0.25) is 14.5 Å². The number of carbonyl (C=O) groups excluding carboxylic acids is 2. The Morgan fingerprint density at radius 2 is 2.04 bits per heavy atom. The van der Waals surface area contributed by atoms with Crippen molar-refractivity contribution in [1.82, 2.24) is 0 Å². The second-order valence-electron chi connectivity index (χ2n) is 5.68. The largest absolute Gasteiger partial charge is 0.479 e. The Labute approximate surface area is 139 Å². The summed E-state index contributed by atoms with van der Waals surface area (Å²) in [6.07, 6.45) is -0.679. The molecule has 24 heavy (non-hydrogen) atoms. The van der Waals surface area contributed by atoms with E-state index in [-0.39, 0.29) is 18.1 Å². The lowest BCUT2D eigenvalue weighted by Gasteiger charge is -2.32. The minimum absolute atomic E-state index is 0.0840. The van der Waals surface area contributed by atoms with Crippen LogP contribution in [-0.4, -0.2) is 24.5 Å². The van der Waals surface area contributed by atoms with E-state index in [1.807, 2.05) is 13.0 Å². The van der Waals surface area contributed by atoms with Gasteiger partial charge in [-0.2, -0.15) is 0 Å². The first-order valence-corrected chi connectivity index (χ1v) is 7.59. The predicted octanol–water partition coefficient (Wildman–Crippen LogP) is 2.89. The summed E-state index contributed by atoms with van der Waals surface area (Å²) >= 11 is 0. The highest BCUT2D eigenvalue weighted by atomic mass is 19.1. The zero-order valence-electron chi connectivity index (χ0n) is 13.4. The number of hydrogen-bond donors (Lipinski definition) is 1. The van der Waals surface area contributed by atoms with Crippen molar-refractivity contribution in [2.24, 2.45) is 0 Å². The highest BCUT2D eigenvalue weighted by Crippen LogP contribution is 2.34. The summed E-state index contributed by atoms with van der Waals surface area (Å²) in [5, 5.41) is 2.49. The first-order chi connectivity index (χ1) is 11.5. The number of ether oxygens (including phenoxy) is 1. The number of fused-ring (bicyclic) bond motifs is 1. The molecule has 0 aromatic heterocycles. The molecule has 6 heteroatoms. The second-order valence-corrected chi connectivity index (χ2v) is 5.68. The van der Waals surface area contributed by atoms with Crippen molar-refractivity contribution >= 4 is 23.2 Å². The molecule has 1 atom stereocenters. The van der Waals surface area contributed by atoms with Crippen molar-refractivity contribution in [2.75, 3.05) is 16.8 Å². The van der Waals surface area contributed by atoms with Crippen LogP contribution in [0.4, 0.5) is 15.8 Å². The molecule has 2 aromatic rings. The summed E-state index contributed by atoms with van der Waals surface area (Å²) in [6, 6.07) is 11.3. The van der Waals surface area contributed by atoms with Gasteiger partial charge in [0.25, 0.3) is 5.91 Å². The summed E-state index contributed by atoms with van der Waals surface area (Å²) in [5.74, 6) is -0.762. The number of hydrogen-bond acceptors (Lipinski definition) is 3. The van der Waals surface area contributed by atoms with Gasteiger partial charge in [0.2, 0.25) is 5.91 Å². The number of carbonyl (C=O) groups is 2. The van der Waals surface area contributed by atoms with Crippen LogP contribution in [0.5, 0.6) is 5.75 Å². The molecule has 1 heterocycles. The van der Waals surface area contributed by atoms with Crippen molar-refractivity contribution in [2.45, 2.75) is 20.0 Å². The molecule has 0 radical (unpaired) electrons. The highest BCUT2D eigenvalue weighted by molar-refractivity contribution is 6.06. The number of nitrogens with one attached hydrogen (secondary N) is 1. The van der Waals surface area contributed by atoms with Crippen LogP contribution >= 0.6 is 0 Å². The molecular formula is C18H17FN2O3. The lowest BCUT2D eigenvalue weighted by Crippen LogP contribution is -2.47. The quantitative estimate of drug-likeness (QED) is 0.942. The number of benzene rings is 2. The van der Waals surface area contributed by atoms with E-state index in [1.165, 1.54) is 23.1 Å². The molecule has 2 amide bonds. The topological polar surface area (TPSA) is 58.6 Å². The van der Waals surface area contributed by atoms with Crippen molar-refractivity contribution in [3.63, 3.8) is 0 Å². The molecule has 0 aliphatic carbocycles. The molecule has 3 rings (SSSR count). The summed E-state index contributed by atoms with van der Waals surface area (Å²) < 4.78 is 19.2. The van der Waals surface area contributed by atoms with Crippen LogP contribution in [0.3, 0.4) is 0 Å². The molecule has 5 nitrogen and oxygen atoms in total. The average molecular weight is 328 g/mol. The Bertz CT molecular complexity index is 807. The minimum atomic E-state index is -0.679. The molecule has 0 fully saturated rings. The fourth-order valence-electron chi connectivity index (χ4n) is 2.58. The second kappa shape index (κ2) is 6.31. The van der Waals surface area contributed by atoms with E-state index in [2.05, 4.69) is 5.32 Å². The Balaban J connectivity index is 1.83. The lowest BCUT2D eigenvalue weighted by molar-refractivity contribution is -0.127. The average Bonchev–Trinajstić information content (AvgIpc) is 2.55. The molecule has 0 unspecified atom stereocenters. The number of aryl methyl sites for hydroxylation is 1. The number of halogens is 1. The van der Waals surface area contributed by atoms with E-state index in [4.69, 9.17) is 4.74 Å². The van der Waals surface area contributed by atoms with Crippen molar-refractivity contribution in [3.05, 3.63) is 53.8 Å². The molecule has 2 aromatic carbocycles. The van der Waals surface area contributed by atoms with Crippen molar-refractivity contribution in [1.29, 1.82) is 0 Å². The smallest absolute Gasteiger partial charge is 0.268 e. The maximum absolute atomic E-state index is 13.6. The van der Waals surface area contributed by atoms with Gasteiger partial charge in [-0.05, 0) is 43.7 Å². The fourth-order valence-corrected chi connectivity index (χ4v) is 2.58. The third-order valence-electron chi connectivity index (χ3n) is 3.77. The number of para-hydroxylation sites is 1. The van der Waals surface area contributed by atoms with Gasteiger partial charge in [0.15, 0.2) is 6.10 Å². The number of rotatable bonds is 3. The van der Waals surface area contributed by atoms with Gasteiger partial charge < -0.3 is 10.1 Å². The molecule has 1 N–H and O–H groups in total. The highest BCUT2D eigenvalue weighted by Gasteiger charge is 2.32. The van der Waals surface area contributed by atoms with E-state index in [0.717, 1.165) is 5.56 Å². The van der Waals surface area contributed by atoms with Crippen LogP contribution in [0, 0.1) is 12.7 Å². The minimum Gasteiger partial charge on any atom is -0.479 e. The zero-order chi connectivity index (χ0) is 17.3. The normalized spacial score (nSPS) is 16.4. The molecule has 0 saturated heterocycles. The standard InChI is InChI=1S/C18H17FN2O3/c1-11-7-8-16-15(9-11)21(18(23)12(2)24-16)10-17(22)20-14-6-4-3-5-13(14)19/h3-9,12H,10H2,1-2H3,(H,20,22)/t12-/m0/s1. The first kappa shape index (κ1) is 16.0. The number of nitrogens with zero attached hydrogens (tertiary/aromatic N) is 1. The molecule has 1 aliphatic rings. The molecule has 0 spiro atoms. The van der Waals surface area contributed by atoms with Crippen LogP contribution in [0.1, 0.15) is 12.5 Å². The number of amides is 2. The molecular weight excluding hydrogens is 311 g/mol. The van der Waals surface area contributed by atoms with Crippen LogP contribution < -0.4 is 15.0 Å². The van der Waals surface area contributed by atoms with Crippen molar-refractivity contribution in [3.8, 4) is 5.75 Å². The third-order valence-corrected chi connectivity index (χ3v) is 3.77. The Hall–Kier alpha value is -2.89. The van der Waals surface area contributed by atoms with Crippen LogP contribution in [0.15, 0.2) is 42.5 Å². The van der Waals surface area contributed by atoms with E-state index in [9.17, 15) is 14.0 Å². The third kappa shape index (κ3) is 3.08. The summed E-state index contributed by atoms with van der Waals surface area (Å²) in [4.78, 5) is 26.0. The van der Waals surface area contributed by atoms with Gasteiger partial charge in [-0.25, -0.2) is 4.39 Å². The first-order valence-electron chi connectivity index (χ1n) is 7.59. The van der Waals surface area contributed by atoms with Crippen LogP contribution in [0.2, 0.25) is 0 Å². The van der Waals surface area contributed by atoms with Crippen molar-refractivity contribution < 1.29 is 18.7 Å². The molecule has 0 bridgehead atoms. The Morgan fingerprint density at radius 3 is 2.79 bits per heavy atom. The van der Waals surface area contributed by atoms with Gasteiger partial charge in [-0.15, -0.1) is 0 Å². The van der Waals surface area contributed by atoms with Crippen LogP contribution in [-0.2, 0) is 9.59 Å². The zero-order valence-corrected chi connectivity index (χ0v) is 13.4. The monoisotopic (exact) mass is 328 g/mol. The van der Waals surface area contributed by atoms with Gasteiger partial charge in [0.1, 0.15) is 18.1 Å². The van der Waals surface area contributed by atoms with Gasteiger partial charge >= 0.3 is 0 Å². The van der Waals surface area contributed by atoms with Crippen LogP contribution in [0.25, 0.3) is 0 Å². The Kier molecular flexibility index (Phi) is 4.20. The summed E-state index contributed by atoms with van der Waals surface area (Å²) in [6.45, 7) is 3.31. The molecule has 124 valence electrons. The molecule has 0 saturated carbocycles. The summed E-state index contributed by atoms with van der Waals surface area (Å²) in [5.41, 5.74) is 1.57.